The summed E-state index contributed by atoms with van der Waals surface area (Å²) in [5.41, 5.74) is 1.40. The van der Waals surface area contributed by atoms with Crippen LogP contribution in [0.3, 0.4) is 0 Å². The van der Waals surface area contributed by atoms with E-state index < -0.39 is 0 Å². The van der Waals surface area contributed by atoms with Gasteiger partial charge >= 0.3 is 0 Å². The number of hydrogen-bond acceptors (Lipinski definition) is 1. The Bertz CT molecular complexity index is 408. The molecule has 0 fully saturated rings. The molecule has 0 aliphatic carbocycles. The summed E-state index contributed by atoms with van der Waals surface area (Å²) in [5, 5.41) is 0. The molecule has 23 heavy (non-hydrogen) atoms. The molecule has 1 nitrogen and oxygen atoms in total. The van der Waals surface area contributed by atoms with Crippen molar-refractivity contribution >= 4 is 0 Å². The van der Waals surface area contributed by atoms with E-state index in [1.165, 1.54) is 82.6 Å². The zero-order valence-corrected chi connectivity index (χ0v) is 15.4. The second-order valence-electron chi connectivity index (χ2n) is 6.48. The van der Waals surface area contributed by atoms with Gasteiger partial charge in [0.1, 0.15) is 5.75 Å². The van der Waals surface area contributed by atoms with Crippen molar-refractivity contribution in [1.29, 1.82) is 0 Å². The lowest BCUT2D eigenvalue weighted by molar-refractivity contribution is 0.414. The quantitative estimate of drug-likeness (QED) is 0.262. The van der Waals surface area contributed by atoms with E-state index >= 15 is 0 Å². The Morgan fingerprint density at radius 1 is 0.826 bits per heavy atom. The van der Waals surface area contributed by atoms with Crippen LogP contribution in [0.25, 0.3) is 0 Å². The Morgan fingerprint density at radius 2 is 1.48 bits per heavy atom. The van der Waals surface area contributed by atoms with E-state index in [1.807, 2.05) is 6.07 Å². The lowest BCUT2D eigenvalue weighted by Crippen LogP contribution is -1.88. The second-order valence-corrected chi connectivity index (χ2v) is 6.48. The molecule has 0 heterocycles. The van der Waals surface area contributed by atoms with Gasteiger partial charge in [0.25, 0.3) is 0 Å². The van der Waals surface area contributed by atoms with Crippen LogP contribution < -0.4 is 4.74 Å². The van der Waals surface area contributed by atoms with Gasteiger partial charge in [-0.25, -0.2) is 0 Å². The summed E-state index contributed by atoms with van der Waals surface area (Å²) in [4.78, 5) is 0. The monoisotopic (exact) mass is 316 g/mol. The van der Waals surface area contributed by atoms with Gasteiger partial charge in [0, 0.05) is 0 Å². The maximum absolute atomic E-state index is 5.27. The minimum absolute atomic E-state index is 0.976. The van der Waals surface area contributed by atoms with Gasteiger partial charge in [-0.15, -0.1) is 0 Å². The molecule has 0 N–H and O–H groups in total. The first kappa shape index (κ1) is 19.8. The number of rotatable bonds is 14. The highest BCUT2D eigenvalue weighted by molar-refractivity contribution is 5.28. The minimum atomic E-state index is 0.976. The molecule has 0 saturated heterocycles. The molecule has 0 aromatic heterocycles. The number of ether oxygens (including phenoxy) is 1. The highest BCUT2D eigenvalue weighted by Crippen LogP contribution is 2.15. The van der Waals surface area contributed by atoms with Crippen LogP contribution in [-0.2, 0) is 6.42 Å². The molecule has 1 heteroatoms. The second kappa shape index (κ2) is 14.4. The Hall–Kier alpha value is -1.24. The summed E-state index contributed by atoms with van der Waals surface area (Å²) in [6.07, 6.45) is 20.7. The lowest BCUT2D eigenvalue weighted by atomic mass is 10.0. The summed E-state index contributed by atoms with van der Waals surface area (Å²) in [5.74, 6) is 0.976. The molecule has 0 spiro atoms. The lowest BCUT2D eigenvalue weighted by Gasteiger charge is -2.04. The van der Waals surface area contributed by atoms with Crippen molar-refractivity contribution in [2.45, 2.75) is 84.0 Å². The standard InChI is InChI=1S/C22H36O/c1-3-4-5-6-7-8-9-10-11-12-13-14-15-17-21-18-16-19-22(20-21)23-2/h8-9,16,18-20H,3-7,10-15,17H2,1-2H3. The van der Waals surface area contributed by atoms with Gasteiger partial charge in [-0.3, -0.25) is 0 Å². The van der Waals surface area contributed by atoms with Crippen LogP contribution in [0.15, 0.2) is 36.4 Å². The average Bonchev–Trinajstić information content (AvgIpc) is 2.59. The normalized spacial score (nSPS) is 11.2. The number of benzene rings is 1. The van der Waals surface area contributed by atoms with E-state index in [-0.39, 0.29) is 0 Å². The molecule has 0 aliphatic heterocycles. The summed E-state index contributed by atoms with van der Waals surface area (Å²) in [6.45, 7) is 2.27. The van der Waals surface area contributed by atoms with Crippen molar-refractivity contribution in [3.05, 3.63) is 42.0 Å². The molecule has 1 aromatic rings. The van der Waals surface area contributed by atoms with Crippen molar-refractivity contribution < 1.29 is 4.74 Å². The number of unbranched alkanes of at least 4 members (excludes halogenated alkanes) is 9. The fraction of sp³-hybridized carbons (Fsp3) is 0.636. The predicted octanol–water partition coefficient (Wildman–Crippen LogP) is 7.10. The fourth-order valence-corrected chi connectivity index (χ4v) is 2.87. The Kier molecular flexibility index (Phi) is 12.4. The molecule has 0 unspecified atom stereocenters. The Balaban J connectivity index is 1.90. The molecule has 1 rings (SSSR count). The summed E-state index contributed by atoms with van der Waals surface area (Å²) >= 11 is 0. The smallest absolute Gasteiger partial charge is 0.119 e. The average molecular weight is 317 g/mol. The zero-order chi connectivity index (χ0) is 16.6. The van der Waals surface area contributed by atoms with Gasteiger partial charge in [0.05, 0.1) is 7.11 Å². The summed E-state index contributed by atoms with van der Waals surface area (Å²) in [7, 11) is 1.73. The molecular weight excluding hydrogens is 280 g/mol. The van der Waals surface area contributed by atoms with E-state index in [9.17, 15) is 0 Å². The van der Waals surface area contributed by atoms with Crippen LogP contribution in [0.2, 0.25) is 0 Å². The van der Waals surface area contributed by atoms with Crippen LogP contribution >= 0.6 is 0 Å². The minimum Gasteiger partial charge on any atom is -0.497 e. The molecule has 0 aliphatic rings. The van der Waals surface area contributed by atoms with E-state index in [2.05, 4.69) is 37.3 Å². The molecule has 0 bridgehead atoms. The van der Waals surface area contributed by atoms with Crippen LogP contribution in [0.1, 0.15) is 83.1 Å². The molecule has 0 radical (unpaired) electrons. The van der Waals surface area contributed by atoms with E-state index in [1.54, 1.807) is 7.11 Å². The van der Waals surface area contributed by atoms with E-state index in [0.717, 1.165) is 5.75 Å². The van der Waals surface area contributed by atoms with Crippen LogP contribution in [0.5, 0.6) is 5.75 Å². The molecule has 0 amide bonds. The maximum atomic E-state index is 5.27. The maximum Gasteiger partial charge on any atom is 0.119 e. The fourth-order valence-electron chi connectivity index (χ4n) is 2.87. The number of aryl methyl sites for hydroxylation is 1. The van der Waals surface area contributed by atoms with Crippen LogP contribution in [0.4, 0.5) is 0 Å². The van der Waals surface area contributed by atoms with E-state index in [4.69, 9.17) is 4.74 Å². The van der Waals surface area contributed by atoms with Gasteiger partial charge < -0.3 is 4.74 Å². The third-order valence-corrected chi connectivity index (χ3v) is 4.36. The first-order chi connectivity index (χ1) is 11.4. The Labute approximate surface area is 144 Å². The van der Waals surface area contributed by atoms with Crippen LogP contribution in [0, 0.1) is 0 Å². The third-order valence-electron chi connectivity index (χ3n) is 4.36. The number of methoxy groups -OCH3 is 1. The van der Waals surface area contributed by atoms with Gasteiger partial charge in [0.15, 0.2) is 0 Å². The SMILES string of the molecule is CCCCCCC=CCCCCCCCc1cccc(OC)c1. The van der Waals surface area contributed by atoms with Gasteiger partial charge in [-0.1, -0.05) is 69.7 Å². The largest absolute Gasteiger partial charge is 0.497 e. The van der Waals surface area contributed by atoms with Gasteiger partial charge in [0.2, 0.25) is 0 Å². The molecular formula is C22H36O. The highest BCUT2D eigenvalue weighted by atomic mass is 16.5. The van der Waals surface area contributed by atoms with E-state index in [0.29, 0.717) is 0 Å². The summed E-state index contributed by atoms with van der Waals surface area (Å²) < 4.78 is 5.27. The molecule has 1 aromatic carbocycles. The van der Waals surface area contributed by atoms with Gasteiger partial charge in [-0.2, -0.15) is 0 Å². The van der Waals surface area contributed by atoms with Crippen molar-refractivity contribution in [1.82, 2.24) is 0 Å². The molecule has 0 atom stereocenters. The first-order valence-electron chi connectivity index (χ1n) is 9.64. The zero-order valence-electron chi connectivity index (χ0n) is 15.4. The molecule has 0 saturated carbocycles. The molecule has 130 valence electrons. The van der Waals surface area contributed by atoms with Crippen molar-refractivity contribution in [3.63, 3.8) is 0 Å². The third kappa shape index (κ3) is 11.0. The number of allylic oxidation sites excluding steroid dienone is 2. The van der Waals surface area contributed by atoms with Crippen molar-refractivity contribution in [2.75, 3.05) is 7.11 Å². The first-order valence-corrected chi connectivity index (χ1v) is 9.64. The number of hydrogen-bond donors (Lipinski definition) is 0. The van der Waals surface area contributed by atoms with Crippen LogP contribution in [-0.4, -0.2) is 7.11 Å². The Morgan fingerprint density at radius 3 is 2.17 bits per heavy atom. The summed E-state index contributed by atoms with van der Waals surface area (Å²) in [6, 6.07) is 8.46. The van der Waals surface area contributed by atoms with Crippen molar-refractivity contribution in [2.24, 2.45) is 0 Å². The van der Waals surface area contributed by atoms with Gasteiger partial charge in [-0.05, 0) is 56.2 Å². The topological polar surface area (TPSA) is 9.23 Å². The predicted molar refractivity (Wildman–Crippen MR) is 102 cm³/mol. The highest BCUT2D eigenvalue weighted by Gasteiger charge is 1.96. The van der Waals surface area contributed by atoms with Crippen molar-refractivity contribution in [3.8, 4) is 5.75 Å².